The number of aliphatic imine (C=N–C) groups is 1. The van der Waals surface area contributed by atoms with Crippen LogP contribution in [-0.2, 0) is 6.54 Å². The molecule has 0 aliphatic carbocycles. The lowest BCUT2D eigenvalue weighted by atomic mass is 10.0. The van der Waals surface area contributed by atoms with Gasteiger partial charge in [0.1, 0.15) is 0 Å². The summed E-state index contributed by atoms with van der Waals surface area (Å²) >= 11 is 0. The Labute approximate surface area is 195 Å². The van der Waals surface area contributed by atoms with Crippen LogP contribution in [0.5, 0.6) is 0 Å². The number of benzene rings is 1. The monoisotopic (exact) mass is 435 g/mol. The van der Waals surface area contributed by atoms with Crippen LogP contribution < -0.4 is 10.2 Å². The van der Waals surface area contributed by atoms with Gasteiger partial charge in [0.25, 0.3) is 0 Å². The summed E-state index contributed by atoms with van der Waals surface area (Å²) in [6.45, 7) is 12.1. The van der Waals surface area contributed by atoms with E-state index in [0.29, 0.717) is 6.04 Å². The minimum absolute atomic E-state index is 0.443. The number of pyridine rings is 1. The second-order valence-electron chi connectivity index (χ2n) is 8.54. The molecule has 0 radical (unpaired) electrons. The van der Waals surface area contributed by atoms with Gasteiger partial charge in [0.05, 0.1) is 11.4 Å². The summed E-state index contributed by atoms with van der Waals surface area (Å²) < 4.78 is 0. The summed E-state index contributed by atoms with van der Waals surface area (Å²) in [5, 5.41) is 3.55. The Morgan fingerprint density at radius 1 is 1.16 bits per heavy atom. The molecular formula is C27H41N5. The van der Waals surface area contributed by atoms with Crippen molar-refractivity contribution in [2.45, 2.75) is 52.1 Å². The van der Waals surface area contributed by atoms with Crippen molar-refractivity contribution in [3.05, 3.63) is 66.0 Å². The Kier molecular flexibility index (Phi) is 11.7. The maximum atomic E-state index is 4.32. The molecule has 0 fully saturated rings. The van der Waals surface area contributed by atoms with Crippen molar-refractivity contribution in [1.29, 1.82) is 0 Å². The van der Waals surface area contributed by atoms with Crippen LogP contribution in [0.1, 0.15) is 43.7 Å². The molecule has 1 atom stereocenters. The first-order valence-electron chi connectivity index (χ1n) is 11.8. The van der Waals surface area contributed by atoms with Crippen molar-refractivity contribution in [1.82, 2.24) is 15.2 Å². The van der Waals surface area contributed by atoms with Crippen LogP contribution in [0.3, 0.4) is 0 Å². The van der Waals surface area contributed by atoms with Gasteiger partial charge >= 0.3 is 0 Å². The number of anilines is 1. The third-order valence-corrected chi connectivity index (χ3v) is 5.69. The highest BCUT2D eigenvalue weighted by Gasteiger charge is 2.20. The minimum Gasteiger partial charge on any atom is -0.367 e. The maximum Gasteiger partial charge on any atom is 0.0858 e. The Morgan fingerprint density at radius 3 is 2.69 bits per heavy atom. The van der Waals surface area contributed by atoms with E-state index in [2.05, 4.69) is 96.2 Å². The predicted octanol–water partition coefficient (Wildman–Crippen LogP) is 5.39. The van der Waals surface area contributed by atoms with Crippen molar-refractivity contribution in [3.8, 4) is 0 Å². The molecular weight excluding hydrogens is 394 g/mol. The smallest absolute Gasteiger partial charge is 0.0858 e. The highest BCUT2D eigenvalue weighted by atomic mass is 15.2. The van der Waals surface area contributed by atoms with Gasteiger partial charge in [-0.25, -0.2) is 0 Å². The van der Waals surface area contributed by atoms with E-state index < -0.39 is 0 Å². The number of hydrogen-bond acceptors (Lipinski definition) is 5. The zero-order valence-electron chi connectivity index (χ0n) is 20.4. The molecule has 5 nitrogen and oxygen atoms in total. The lowest BCUT2D eigenvalue weighted by Gasteiger charge is -2.34. The largest absolute Gasteiger partial charge is 0.367 e. The normalized spacial score (nSPS) is 12.4. The summed E-state index contributed by atoms with van der Waals surface area (Å²) in [5.41, 5.74) is 4.70. The Balaban J connectivity index is 1.99. The van der Waals surface area contributed by atoms with Crippen LogP contribution in [0.4, 0.5) is 11.4 Å². The standard InChI is InChI=1S/C27H41N5/c1-6-32(27-23(2)13-11-17-26(27)28-3)25(16-8-10-20-31(4)5)15-7-9-18-29-21-24-14-12-19-30-22-24/h8,10-14,17,19,22,25,29H,3,6-7,9,15-16,18,20-21H2,1-2,4-5H3/b10-8+. The molecule has 2 rings (SSSR count). The number of hydrogen-bond donors (Lipinski definition) is 1. The number of likely N-dealkylation sites (N-methyl/N-ethyl adjacent to an activating group) is 1. The van der Waals surface area contributed by atoms with E-state index in [0.717, 1.165) is 51.1 Å². The highest BCUT2D eigenvalue weighted by molar-refractivity contribution is 5.73. The molecule has 0 bridgehead atoms. The van der Waals surface area contributed by atoms with Crippen LogP contribution in [0.15, 0.2) is 59.9 Å². The number of nitrogens with zero attached hydrogens (tertiary/aromatic N) is 4. The lowest BCUT2D eigenvalue weighted by Crippen LogP contribution is -2.35. The van der Waals surface area contributed by atoms with Gasteiger partial charge in [-0.3, -0.25) is 9.98 Å². The number of nitrogens with one attached hydrogen (secondary N) is 1. The fraction of sp³-hybridized carbons (Fsp3) is 0.481. The molecule has 5 heteroatoms. The maximum absolute atomic E-state index is 4.32. The van der Waals surface area contributed by atoms with E-state index in [-0.39, 0.29) is 0 Å². The van der Waals surface area contributed by atoms with Crippen LogP contribution in [-0.4, -0.2) is 56.4 Å². The second kappa shape index (κ2) is 14.5. The number of unbranched alkanes of at least 4 members (excludes halogenated alkanes) is 1. The molecule has 0 aliphatic rings. The van der Waals surface area contributed by atoms with Crippen LogP contribution >= 0.6 is 0 Å². The zero-order chi connectivity index (χ0) is 23.2. The molecule has 174 valence electrons. The number of rotatable bonds is 15. The van der Waals surface area contributed by atoms with Crippen LogP contribution in [0.2, 0.25) is 0 Å². The Bertz CT molecular complexity index is 816. The van der Waals surface area contributed by atoms with Gasteiger partial charge in [-0.05, 0) is 83.7 Å². The van der Waals surface area contributed by atoms with Gasteiger partial charge in [-0.2, -0.15) is 0 Å². The van der Waals surface area contributed by atoms with Gasteiger partial charge in [-0.15, -0.1) is 0 Å². The van der Waals surface area contributed by atoms with Crippen molar-refractivity contribution < 1.29 is 0 Å². The van der Waals surface area contributed by atoms with Gasteiger partial charge in [-0.1, -0.05) is 36.8 Å². The van der Waals surface area contributed by atoms with Gasteiger partial charge in [0.2, 0.25) is 0 Å². The number of para-hydroxylation sites is 1. The molecule has 1 unspecified atom stereocenters. The van der Waals surface area contributed by atoms with Crippen molar-refractivity contribution in [2.75, 3.05) is 38.6 Å². The van der Waals surface area contributed by atoms with Gasteiger partial charge in [0.15, 0.2) is 0 Å². The summed E-state index contributed by atoms with van der Waals surface area (Å²) in [6.07, 6.45) is 12.9. The first-order valence-corrected chi connectivity index (χ1v) is 11.8. The fourth-order valence-electron chi connectivity index (χ4n) is 4.05. The fourth-order valence-corrected chi connectivity index (χ4v) is 4.05. The highest BCUT2D eigenvalue weighted by Crippen LogP contribution is 2.34. The summed E-state index contributed by atoms with van der Waals surface area (Å²) in [6, 6.07) is 10.9. The van der Waals surface area contributed by atoms with E-state index >= 15 is 0 Å². The SMILES string of the molecule is C=Nc1cccc(C)c1N(CC)C(C/C=C/CN(C)C)CCCCNCc1cccnc1. The van der Waals surface area contributed by atoms with Crippen LogP contribution in [0, 0.1) is 6.92 Å². The van der Waals surface area contributed by atoms with E-state index in [9.17, 15) is 0 Å². The van der Waals surface area contributed by atoms with E-state index in [1.54, 1.807) is 0 Å². The molecule has 0 spiro atoms. The average molecular weight is 436 g/mol. The summed E-state index contributed by atoms with van der Waals surface area (Å²) in [4.78, 5) is 13.2. The van der Waals surface area contributed by atoms with Crippen molar-refractivity contribution >= 4 is 18.1 Å². The topological polar surface area (TPSA) is 43.8 Å². The molecule has 1 N–H and O–H groups in total. The first kappa shape index (κ1) is 25.8. The molecule has 2 aromatic rings. The molecule has 0 saturated carbocycles. The predicted molar refractivity (Wildman–Crippen MR) is 139 cm³/mol. The van der Waals surface area contributed by atoms with E-state index in [4.69, 9.17) is 0 Å². The summed E-state index contributed by atoms with van der Waals surface area (Å²) in [7, 11) is 4.21. The molecule has 0 aliphatic heterocycles. The van der Waals surface area contributed by atoms with Crippen molar-refractivity contribution in [3.63, 3.8) is 0 Å². The summed E-state index contributed by atoms with van der Waals surface area (Å²) in [5.74, 6) is 0. The Hall–Kier alpha value is -2.50. The Morgan fingerprint density at radius 2 is 2.00 bits per heavy atom. The quantitative estimate of drug-likeness (QED) is 0.232. The van der Waals surface area contributed by atoms with Gasteiger partial charge < -0.3 is 15.1 Å². The number of aromatic nitrogens is 1. The zero-order valence-corrected chi connectivity index (χ0v) is 20.4. The third kappa shape index (κ3) is 8.56. The number of aryl methyl sites for hydroxylation is 1. The third-order valence-electron chi connectivity index (χ3n) is 5.69. The van der Waals surface area contributed by atoms with E-state index in [1.807, 2.05) is 18.5 Å². The minimum atomic E-state index is 0.443. The first-order chi connectivity index (χ1) is 15.6. The molecule has 0 amide bonds. The average Bonchev–Trinajstić information content (AvgIpc) is 2.80. The molecule has 0 saturated heterocycles. The molecule has 1 aromatic carbocycles. The molecule has 1 aromatic heterocycles. The second-order valence-corrected chi connectivity index (χ2v) is 8.54. The van der Waals surface area contributed by atoms with E-state index in [1.165, 1.54) is 23.2 Å². The lowest BCUT2D eigenvalue weighted by molar-refractivity contribution is 0.455. The molecule has 1 heterocycles. The van der Waals surface area contributed by atoms with Crippen molar-refractivity contribution in [2.24, 2.45) is 4.99 Å². The van der Waals surface area contributed by atoms with Gasteiger partial charge in [0, 0.05) is 38.1 Å². The molecule has 32 heavy (non-hydrogen) atoms. The van der Waals surface area contributed by atoms with Crippen LogP contribution in [0.25, 0.3) is 0 Å².